The highest BCUT2D eigenvalue weighted by atomic mass is 16.7. The maximum absolute atomic E-state index is 12.9. The lowest BCUT2D eigenvalue weighted by Crippen LogP contribution is -2.38. The van der Waals surface area contributed by atoms with Gasteiger partial charge in [0.2, 0.25) is 0 Å². The number of aryl methyl sites for hydroxylation is 1. The van der Waals surface area contributed by atoms with Crippen molar-refractivity contribution in [1.82, 2.24) is 14.8 Å². The molecule has 0 bridgehead atoms. The van der Waals surface area contributed by atoms with Crippen molar-refractivity contribution in [3.05, 3.63) is 125 Å². The molecule has 4 aromatic rings. The minimum absolute atomic E-state index is 0.241. The van der Waals surface area contributed by atoms with Crippen LogP contribution in [0.5, 0.6) is 0 Å². The molecule has 0 unspecified atom stereocenters. The Morgan fingerprint density at radius 3 is 1.65 bits per heavy atom. The van der Waals surface area contributed by atoms with Crippen molar-refractivity contribution in [3.63, 3.8) is 0 Å². The van der Waals surface area contributed by atoms with Crippen LogP contribution in [-0.2, 0) is 10.4 Å². The SMILES string of the molecule is CON(C)C(=O)c1cn(C(c2ccccc2)(c2ccccc2)c2ccccc2)nc1C. The quantitative estimate of drug-likeness (QED) is 0.342. The van der Waals surface area contributed by atoms with Crippen LogP contribution in [0.25, 0.3) is 0 Å². The van der Waals surface area contributed by atoms with Gasteiger partial charge in [-0.25, -0.2) is 5.06 Å². The first-order valence-corrected chi connectivity index (χ1v) is 10.1. The lowest BCUT2D eigenvalue weighted by molar-refractivity contribution is -0.0757. The molecule has 0 aliphatic carbocycles. The van der Waals surface area contributed by atoms with Crippen LogP contribution < -0.4 is 0 Å². The Morgan fingerprint density at radius 2 is 1.26 bits per heavy atom. The van der Waals surface area contributed by atoms with Crippen molar-refractivity contribution in [2.75, 3.05) is 14.2 Å². The zero-order valence-electron chi connectivity index (χ0n) is 17.9. The molecule has 4 rings (SSSR count). The molecule has 0 saturated carbocycles. The van der Waals surface area contributed by atoms with Gasteiger partial charge in [0.1, 0.15) is 5.54 Å². The highest BCUT2D eigenvalue weighted by Gasteiger charge is 2.40. The number of nitrogens with zero attached hydrogens (tertiary/aromatic N) is 3. The van der Waals surface area contributed by atoms with Crippen LogP contribution in [0.2, 0.25) is 0 Å². The highest BCUT2D eigenvalue weighted by molar-refractivity contribution is 5.94. The standard InChI is InChI=1S/C26H25N3O2/c1-20-24(25(30)28(2)31-3)19-29(27-20)26(21-13-7-4-8-14-21,22-15-9-5-10-16-22)23-17-11-6-12-18-23/h4-19H,1-3H3. The van der Waals surface area contributed by atoms with Crippen LogP contribution in [0.3, 0.4) is 0 Å². The van der Waals surface area contributed by atoms with Crippen LogP contribution in [-0.4, -0.2) is 34.9 Å². The lowest BCUT2D eigenvalue weighted by atomic mass is 9.77. The van der Waals surface area contributed by atoms with Gasteiger partial charge in [-0.1, -0.05) is 91.0 Å². The van der Waals surface area contributed by atoms with Gasteiger partial charge >= 0.3 is 0 Å². The number of rotatable bonds is 6. The first-order valence-electron chi connectivity index (χ1n) is 10.1. The van der Waals surface area contributed by atoms with E-state index < -0.39 is 5.54 Å². The largest absolute Gasteiger partial charge is 0.280 e. The maximum Gasteiger partial charge on any atom is 0.280 e. The molecule has 0 aliphatic rings. The second-order valence-corrected chi connectivity index (χ2v) is 7.37. The van der Waals surface area contributed by atoms with Gasteiger partial charge in [-0.15, -0.1) is 0 Å². The summed E-state index contributed by atoms with van der Waals surface area (Å²) in [4.78, 5) is 18.0. The molecule has 5 heteroatoms. The van der Waals surface area contributed by atoms with Crippen LogP contribution in [0.4, 0.5) is 0 Å². The molecule has 0 N–H and O–H groups in total. The van der Waals surface area contributed by atoms with Crippen molar-refractivity contribution < 1.29 is 9.63 Å². The fourth-order valence-corrected chi connectivity index (χ4v) is 4.03. The van der Waals surface area contributed by atoms with Gasteiger partial charge in [0, 0.05) is 13.2 Å². The number of carbonyl (C=O) groups is 1. The van der Waals surface area contributed by atoms with Gasteiger partial charge < -0.3 is 0 Å². The van der Waals surface area contributed by atoms with Crippen LogP contribution in [0.15, 0.2) is 97.2 Å². The Labute approximate surface area is 182 Å². The van der Waals surface area contributed by atoms with Crippen LogP contribution in [0.1, 0.15) is 32.7 Å². The summed E-state index contributed by atoms with van der Waals surface area (Å²) < 4.78 is 1.90. The summed E-state index contributed by atoms with van der Waals surface area (Å²) in [6.45, 7) is 1.85. The molecule has 156 valence electrons. The summed E-state index contributed by atoms with van der Waals surface area (Å²) >= 11 is 0. The number of aromatic nitrogens is 2. The van der Waals surface area contributed by atoms with E-state index in [0.717, 1.165) is 16.7 Å². The summed E-state index contributed by atoms with van der Waals surface area (Å²) in [5.74, 6) is -0.241. The molecule has 0 spiro atoms. The van der Waals surface area contributed by atoms with Gasteiger partial charge in [-0.2, -0.15) is 5.10 Å². The molecule has 0 atom stereocenters. The average Bonchev–Trinajstić information content (AvgIpc) is 3.22. The molecule has 1 amide bonds. The Bertz CT molecular complexity index is 1060. The predicted octanol–water partition coefficient (Wildman–Crippen LogP) is 4.67. The molecule has 0 aliphatic heterocycles. The van der Waals surface area contributed by atoms with Crippen molar-refractivity contribution in [2.45, 2.75) is 12.5 Å². The average molecular weight is 412 g/mol. The monoisotopic (exact) mass is 411 g/mol. The van der Waals surface area contributed by atoms with Gasteiger partial charge in [-0.05, 0) is 23.6 Å². The third kappa shape index (κ3) is 3.53. The fourth-order valence-electron chi connectivity index (χ4n) is 4.03. The van der Waals surface area contributed by atoms with Gasteiger partial charge in [0.15, 0.2) is 0 Å². The van der Waals surface area contributed by atoms with E-state index in [9.17, 15) is 4.79 Å². The summed E-state index contributed by atoms with van der Waals surface area (Å²) in [7, 11) is 3.07. The van der Waals surface area contributed by atoms with E-state index in [4.69, 9.17) is 9.94 Å². The van der Waals surface area contributed by atoms with Crippen molar-refractivity contribution in [1.29, 1.82) is 0 Å². The predicted molar refractivity (Wildman–Crippen MR) is 121 cm³/mol. The Kier molecular flexibility index (Phi) is 5.69. The summed E-state index contributed by atoms with van der Waals surface area (Å²) in [5.41, 5.74) is 3.54. The molecule has 31 heavy (non-hydrogen) atoms. The number of carbonyl (C=O) groups excluding carboxylic acids is 1. The summed E-state index contributed by atoms with van der Waals surface area (Å²) in [6, 6.07) is 30.7. The van der Waals surface area contributed by atoms with E-state index in [0.29, 0.717) is 11.3 Å². The highest BCUT2D eigenvalue weighted by Crippen LogP contribution is 2.40. The molecule has 0 radical (unpaired) electrons. The summed E-state index contributed by atoms with van der Waals surface area (Å²) in [5, 5.41) is 6.08. The second kappa shape index (κ2) is 8.58. The van der Waals surface area contributed by atoms with E-state index >= 15 is 0 Å². The Hall–Kier alpha value is -3.70. The molecule has 0 fully saturated rings. The number of hydroxylamine groups is 2. The van der Waals surface area contributed by atoms with E-state index in [-0.39, 0.29) is 5.91 Å². The molecule has 0 saturated heterocycles. The smallest absolute Gasteiger partial charge is 0.274 e. The maximum atomic E-state index is 12.9. The molecular formula is C26H25N3O2. The van der Waals surface area contributed by atoms with Crippen LogP contribution >= 0.6 is 0 Å². The molecule has 1 heterocycles. The topological polar surface area (TPSA) is 47.4 Å². The van der Waals surface area contributed by atoms with Crippen molar-refractivity contribution in [3.8, 4) is 0 Å². The first kappa shape index (κ1) is 20.6. The Morgan fingerprint density at radius 1 is 0.839 bits per heavy atom. The fraction of sp³-hybridized carbons (Fsp3) is 0.154. The second-order valence-electron chi connectivity index (χ2n) is 7.37. The third-order valence-electron chi connectivity index (χ3n) is 5.61. The number of hydrogen-bond acceptors (Lipinski definition) is 3. The van der Waals surface area contributed by atoms with Gasteiger partial charge in [0.05, 0.1) is 18.4 Å². The van der Waals surface area contributed by atoms with E-state index in [1.54, 1.807) is 7.05 Å². The molecular weight excluding hydrogens is 386 g/mol. The molecule has 3 aromatic carbocycles. The van der Waals surface area contributed by atoms with E-state index in [1.165, 1.54) is 12.2 Å². The Balaban J connectivity index is 2.06. The molecule has 5 nitrogen and oxygen atoms in total. The number of hydrogen-bond donors (Lipinski definition) is 0. The van der Waals surface area contributed by atoms with Crippen molar-refractivity contribution >= 4 is 5.91 Å². The van der Waals surface area contributed by atoms with Crippen LogP contribution in [0, 0.1) is 6.92 Å². The number of amides is 1. The molecule has 1 aromatic heterocycles. The first-order chi connectivity index (χ1) is 15.1. The van der Waals surface area contributed by atoms with Gasteiger partial charge in [0.25, 0.3) is 5.91 Å². The third-order valence-corrected chi connectivity index (χ3v) is 5.61. The summed E-state index contributed by atoms with van der Waals surface area (Å²) in [6.07, 6.45) is 1.82. The van der Waals surface area contributed by atoms with Gasteiger partial charge in [-0.3, -0.25) is 14.3 Å². The lowest BCUT2D eigenvalue weighted by Gasteiger charge is -2.36. The normalized spacial score (nSPS) is 11.3. The van der Waals surface area contributed by atoms with E-state index in [2.05, 4.69) is 36.4 Å². The van der Waals surface area contributed by atoms with Crippen molar-refractivity contribution in [2.24, 2.45) is 0 Å². The van der Waals surface area contributed by atoms with E-state index in [1.807, 2.05) is 72.4 Å². The number of benzene rings is 3. The minimum atomic E-state index is -0.751. The minimum Gasteiger partial charge on any atom is -0.274 e. The zero-order chi connectivity index (χ0) is 21.8. The zero-order valence-corrected chi connectivity index (χ0v) is 17.9.